The Bertz CT molecular complexity index is 16.5. The van der Waals surface area contributed by atoms with Crippen LogP contribution in [0.25, 0.3) is 0 Å². The molecule has 0 spiro atoms. The normalized spacial score (nSPS) is 24.0. The lowest BCUT2D eigenvalue weighted by Gasteiger charge is -1.77. The highest BCUT2D eigenvalue weighted by atomic mass is 15.6. The van der Waals surface area contributed by atoms with Gasteiger partial charge in [0.25, 0.3) is 0 Å². The average molecular weight is 74.1 g/mol. The Morgan fingerprint density at radius 2 is 1.80 bits per heavy atom. The highest BCUT2D eigenvalue weighted by molar-refractivity contribution is 4.34. The van der Waals surface area contributed by atoms with Gasteiger partial charge >= 0.3 is 0 Å². The van der Waals surface area contributed by atoms with Crippen LogP contribution in [-0.4, -0.2) is 13.1 Å². The van der Waals surface area contributed by atoms with E-state index in [2.05, 4.69) is 10.9 Å². The molecule has 0 bridgehead atoms. The summed E-state index contributed by atoms with van der Waals surface area (Å²) < 4.78 is 0. The number of quaternary nitrogens is 1. The first-order chi connectivity index (χ1) is 2.50. The van der Waals surface area contributed by atoms with Crippen LogP contribution in [0.1, 0.15) is 0 Å². The van der Waals surface area contributed by atoms with Crippen molar-refractivity contribution in [3.63, 3.8) is 0 Å². The van der Waals surface area contributed by atoms with Gasteiger partial charge in [-0.05, 0) is 0 Å². The first kappa shape index (κ1) is 3.08. The summed E-state index contributed by atoms with van der Waals surface area (Å²) in [6.07, 6.45) is 0. The predicted molar refractivity (Wildman–Crippen MR) is 17.9 cm³/mol. The van der Waals surface area contributed by atoms with Crippen molar-refractivity contribution in [3.05, 3.63) is 0 Å². The molecule has 1 fully saturated rings. The van der Waals surface area contributed by atoms with Crippen LogP contribution in [0.5, 0.6) is 0 Å². The molecule has 0 aromatic rings. The van der Waals surface area contributed by atoms with Crippen molar-refractivity contribution in [1.82, 2.24) is 10.9 Å². The Hall–Kier alpha value is -0.120. The van der Waals surface area contributed by atoms with Gasteiger partial charge in [0.05, 0.1) is 13.1 Å². The molecule has 1 aliphatic heterocycles. The van der Waals surface area contributed by atoms with E-state index < -0.39 is 0 Å². The summed E-state index contributed by atoms with van der Waals surface area (Å²) in [5.41, 5.74) is 7.83. The minimum absolute atomic E-state index is 1.08. The van der Waals surface area contributed by atoms with E-state index in [4.69, 9.17) is 0 Å². The van der Waals surface area contributed by atoms with Crippen LogP contribution in [0.4, 0.5) is 0 Å². The highest BCUT2D eigenvalue weighted by Gasteiger charge is 1.94. The molecule has 1 heterocycles. The van der Waals surface area contributed by atoms with E-state index in [1.165, 1.54) is 0 Å². The zero-order valence-electron chi connectivity index (χ0n) is 2.99. The first-order valence-corrected chi connectivity index (χ1v) is 1.78. The van der Waals surface area contributed by atoms with Crippen LogP contribution in [0.2, 0.25) is 0 Å². The number of hydrogen-bond acceptors (Lipinski definition) is 2. The van der Waals surface area contributed by atoms with E-state index in [0.717, 1.165) is 13.1 Å². The molecule has 0 aromatic heterocycles. The lowest BCUT2D eigenvalue weighted by Crippen LogP contribution is -2.96. The zero-order valence-corrected chi connectivity index (χ0v) is 2.99. The second-order valence-electron chi connectivity index (χ2n) is 1.05. The van der Waals surface area contributed by atoms with Gasteiger partial charge in [-0.3, -0.25) is 0 Å². The van der Waals surface area contributed by atoms with E-state index >= 15 is 0 Å². The number of rotatable bonds is 0. The van der Waals surface area contributed by atoms with Crippen molar-refractivity contribution < 1.29 is 5.53 Å². The quantitative estimate of drug-likeness (QED) is 0.280. The van der Waals surface area contributed by atoms with Crippen molar-refractivity contribution in [1.29, 1.82) is 0 Å². The minimum atomic E-state index is 1.08. The Balaban J connectivity index is 2.08. The summed E-state index contributed by atoms with van der Waals surface area (Å²) in [6.45, 7) is 2.17. The summed E-state index contributed by atoms with van der Waals surface area (Å²) in [7, 11) is 0. The average Bonchev–Trinajstić information content (AvgIpc) is 1.76. The lowest BCUT2D eigenvalue weighted by molar-refractivity contribution is -0.742. The van der Waals surface area contributed by atoms with Gasteiger partial charge in [0.2, 0.25) is 0 Å². The largest absolute Gasteiger partial charge is 0.193 e. The molecule has 4 N–H and O–H groups in total. The molecular weight excluding hydrogens is 66.0 g/mol. The lowest BCUT2D eigenvalue weighted by atomic mass is 10.7. The van der Waals surface area contributed by atoms with Gasteiger partial charge in [-0.25, -0.2) is 0 Å². The third-order valence-corrected chi connectivity index (χ3v) is 0.618. The van der Waals surface area contributed by atoms with Gasteiger partial charge in [-0.1, -0.05) is 0 Å². The molecule has 1 saturated heterocycles. The molecule has 3 nitrogen and oxygen atoms in total. The summed E-state index contributed by atoms with van der Waals surface area (Å²) in [6, 6.07) is 0. The molecule has 0 aromatic carbocycles. The summed E-state index contributed by atoms with van der Waals surface area (Å²) in [5.74, 6) is 0. The molecule has 0 radical (unpaired) electrons. The molecule has 5 heavy (non-hydrogen) atoms. The molecule has 30 valence electrons. The van der Waals surface area contributed by atoms with Crippen molar-refractivity contribution in [2.45, 2.75) is 0 Å². The van der Waals surface area contributed by atoms with E-state index in [-0.39, 0.29) is 0 Å². The maximum absolute atomic E-state index is 2.99. The third kappa shape index (κ3) is 0.576. The van der Waals surface area contributed by atoms with Crippen LogP contribution in [0, 0.1) is 0 Å². The topological polar surface area (TPSA) is 40.7 Å². The fourth-order valence-electron chi connectivity index (χ4n) is 0.361. The minimum Gasteiger partial charge on any atom is -0.193 e. The van der Waals surface area contributed by atoms with E-state index in [1.54, 1.807) is 0 Å². The van der Waals surface area contributed by atoms with Crippen LogP contribution in [0.15, 0.2) is 0 Å². The van der Waals surface area contributed by atoms with Crippen molar-refractivity contribution in [2.75, 3.05) is 13.1 Å². The summed E-state index contributed by atoms with van der Waals surface area (Å²) >= 11 is 0. The predicted octanol–water partition coefficient (Wildman–Crippen LogP) is -2.43. The highest BCUT2D eigenvalue weighted by Crippen LogP contribution is 1.44. The molecule has 1 rings (SSSR count). The summed E-state index contributed by atoms with van der Waals surface area (Å²) in [4.78, 5) is 0. The fourth-order valence-corrected chi connectivity index (χ4v) is 0.361. The van der Waals surface area contributed by atoms with Gasteiger partial charge in [-0.15, -0.1) is 0 Å². The van der Waals surface area contributed by atoms with Gasteiger partial charge in [0.15, 0.2) is 0 Å². The molecular formula is C2H8N3+. The monoisotopic (exact) mass is 74.1 g/mol. The van der Waals surface area contributed by atoms with Crippen molar-refractivity contribution in [2.24, 2.45) is 0 Å². The molecule has 0 atom stereocenters. The Morgan fingerprint density at radius 1 is 1.20 bits per heavy atom. The van der Waals surface area contributed by atoms with Crippen LogP contribution in [0.3, 0.4) is 0 Å². The number of nitrogens with two attached hydrogens (primary N) is 1. The molecule has 0 saturated carbocycles. The maximum atomic E-state index is 2.99. The van der Waals surface area contributed by atoms with Crippen molar-refractivity contribution >= 4 is 0 Å². The van der Waals surface area contributed by atoms with Crippen molar-refractivity contribution in [3.8, 4) is 0 Å². The smallest absolute Gasteiger partial charge is 0.0641 e. The van der Waals surface area contributed by atoms with Gasteiger partial charge in [-0.2, -0.15) is 16.4 Å². The Morgan fingerprint density at radius 3 is 2.00 bits per heavy atom. The van der Waals surface area contributed by atoms with Crippen LogP contribution >= 0.6 is 0 Å². The standard InChI is InChI=1S/C2H7N3/c1-2-4-5-3-1/h3-5H,1-2H2/p+1. The van der Waals surface area contributed by atoms with Gasteiger partial charge in [0.1, 0.15) is 0 Å². The zero-order chi connectivity index (χ0) is 3.54. The summed E-state index contributed by atoms with van der Waals surface area (Å²) in [5, 5.41) is 0. The fraction of sp³-hybridized carbons (Fsp3) is 1.00. The second kappa shape index (κ2) is 1.35. The van der Waals surface area contributed by atoms with Crippen LogP contribution < -0.4 is 16.4 Å². The van der Waals surface area contributed by atoms with Gasteiger partial charge in [0, 0.05) is 0 Å². The van der Waals surface area contributed by atoms with Crippen LogP contribution in [-0.2, 0) is 0 Å². The van der Waals surface area contributed by atoms with E-state index in [9.17, 15) is 0 Å². The number of hydrogen-bond donors (Lipinski definition) is 3. The van der Waals surface area contributed by atoms with E-state index in [0.29, 0.717) is 0 Å². The van der Waals surface area contributed by atoms with Gasteiger partial charge < -0.3 is 0 Å². The first-order valence-electron chi connectivity index (χ1n) is 1.78. The molecule has 0 amide bonds. The second-order valence-corrected chi connectivity index (χ2v) is 1.05. The maximum Gasteiger partial charge on any atom is 0.0641 e. The third-order valence-electron chi connectivity index (χ3n) is 0.618. The molecule has 3 heteroatoms. The molecule has 1 aliphatic rings. The Labute approximate surface area is 30.7 Å². The Kier molecular flexibility index (Phi) is 0.834. The SMILES string of the molecule is C1CN[NH2+]N1. The number of nitrogens with one attached hydrogen (secondary N) is 2. The van der Waals surface area contributed by atoms with E-state index in [1.807, 2.05) is 5.53 Å². The molecule has 0 unspecified atom stereocenters. The molecule has 0 aliphatic carbocycles.